The van der Waals surface area contributed by atoms with Crippen LogP contribution in [0.1, 0.15) is 33.2 Å². The largest absolute Gasteiger partial charge is 0.497 e. The van der Waals surface area contributed by atoms with Gasteiger partial charge >= 0.3 is 0 Å². The first-order valence-electron chi connectivity index (χ1n) is 8.03. The van der Waals surface area contributed by atoms with Crippen molar-refractivity contribution in [3.8, 4) is 5.75 Å². The fraction of sp³-hybridized carbons (Fsp3) is 0.200. The third kappa shape index (κ3) is 3.40. The van der Waals surface area contributed by atoms with Gasteiger partial charge in [0, 0.05) is 25.1 Å². The van der Waals surface area contributed by atoms with Crippen LogP contribution in [0.4, 0.5) is 0 Å². The molecule has 1 aromatic heterocycles. The molecule has 1 amide bonds. The van der Waals surface area contributed by atoms with Crippen LogP contribution in [0, 0.1) is 6.92 Å². The molecule has 0 aliphatic carbocycles. The van der Waals surface area contributed by atoms with Gasteiger partial charge in [-0.3, -0.25) is 14.2 Å². The van der Waals surface area contributed by atoms with Crippen LogP contribution >= 0.6 is 0 Å². The van der Waals surface area contributed by atoms with Gasteiger partial charge in [-0.25, -0.2) is 0 Å². The number of carbonyl (C=O) groups is 2. The standard InChI is InChI=1S/C20H20N2O3/c1-13-5-4-6-15(9-13)11-21-20(24)18-12-22(14(2)23)19-8-7-16(25-3)10-17(18)19/h4-10,12H,11H2,1-3H3,(H,21,24). The van der Waals surface area contributed by atoms with Crippen LogP contribution in [0.25, 0.3) is 10.9 Å². The van der Waals surface area contributed by atoms with Crippen LogP contribution in [0.3, 0.4) is 0 Å². The molecule has 5 heteroatoms. The molecule has 1 heterocycles. The van der Waals surface area contributed by atoms with Crippen LogP contribution in [0.2, 0.25) is 0 Å². The van der Waals surface area contributed by atoms with Crippen molar-refractivity contribution in [1.82, 2.24) is 9.88 Å². The topological polar surface area (TPSA) is 60.3 Å². The Morgan fingerprint density at radius 3 is 2.64 bits per heavy atom. The summed E-state index contributed by atoms with van der Waals surface area (Å²) in [4.78, 5) is 24.5. The van der Waals surface area contributed by atoms with Crippen molar-refractivity contribution in [1.29, 1.82) is 0 Å². The van der Waals surface area contributed by atoms with Gasteiger partial charge in [0.25, 0.3) is 5.91 Å². The number of ether oxygens (including phenoxy) is 1. The number of nitrogens with one attached hydrogen (secondary N) is 1. The monoisotopic (exact) mass is 336 g/mol. The third-order valence-corrected chi connectivity index (χ3v) is 4.13. The van der Waals surface area contributed by atoms with Crippen LogP contribution in [-0.4, -0.2) is 23.5 Å². The summed E-state index contributed by atoms with van der Waals surface area (Å²) in [6, 6.07) is 13.3. The number of carbonyl (C=O) groups excluding carboxylic acids is 2. The number of rotatable bonds is 4. The maximum absolute atomic E-state index is 12.7. The Morgan fingerprint density at radius 2 is 1.96 bits per heavy atom. The van der Waals surface area contributed by atoms with E-state index in [1.54, 1.807) is 31.5 Å². The number of methoxy groups -OCH3 is 1. The first-order valence-corrected chi connectivity index (χ1v) is 8.03. The summed E-state index contributed by atoms with van der Waals surface area (Å²) in [5.74, 6) is 0.272. The van der Waals surface area contributed by atoms with Gasteiger partial charge in [-0.15, -0.1) is 0 Å². The van der Waals surface area contributed by atoms with Crippen molar-refractivity contribution in [2.75, 3.05) is 7.11 Å². The van der Waals surface area contributed by atoms with Crippen LogP contribution in [0.5, 0.6) is 5.75 Å². The summed E-state index contributed by atoms with van der Waals surface area (Å²) in [5, 5.41) is 3.61. The molecule has 0 fully saturated rings. The average Bonchev–Trinajstić information content (AvgIpc) is 2.98. The molecule has 0 bridgehead atoms. The fourth-order valence-corrected chi connectivity index (χ4v) is 2.88. The summed E-state index contributed by atoms with van der Waals surface area (Å²) < 4.78 is 6.73. The minimum absolute atomic E-state index is 0.145. The summed E-state index contributed by atoms with van der Waals surface area (Å²) >= 11 is 0. The number of hydrogen-bond acceptors (Lipinski definition) is 3. The van der Waals surface area contributed by atoms with E-state index >= 15 is 0 Å². The lowest BCUT2D eigenvalue weighted by atomic mass is 10.1. The van der Waals surface area contributed by atoms with Crippen LogP contribution in [0.15, 0.2) is 48.7 Å². The Labute approximate surface area is 146 Å². The van der Waals surface area contributed by atoms with E-state index in [1.807, 2.05) is 31.2 Å². The normalized spacial score (nSPS) is 10.7. The van der Waals surface area contributed by atoms with Gasteiger partial charge in [-0.2, -0.15) is 0 Å². The molecular formula is C20H20N2O3. The molecule has 3 rings (SSSR count). The Hall–Kier alpha value is -3.08. The SMILES string of the molecule is COc1ccc2c(c1)c(C(=O)NCc1cccc(C)c1)cn2C(C)=O. The quantitative estimate of drug-likeness (QED) is 0.792. The maximum Gasteiger partial charge on any atom is 0.253 e. The van der Waals surface area contributed by atoms with Gasteiger partial charge < -0.3 is 10.1 Å². The Bertz CT molecular complexity index is 957. The van der Waals surface area contributed by atoms with Gasteiger partial charge in [-0.05, 0) is 30.7 Å². The lowest BCUT2D eigenvalue weighted by Gasteiger charge is -2.06. The maximum atomic E-state index is 12.7. The van der Waals surface area contributed by atoms with Gasteiger partial charge in [0.1, 0.15) is 5.75 Å². The Kier molecular flexibility index (Phi) is 4.57. The summed E-state index contributed by atoms with van der Waals surface area (Å²) in [5.41, 5.74) is 3.32. The van der Waals surface area contributed by atoms with E-state index in [1.165, 1.54) is 11.5 Å². The molecular weight excluding hydrogens is 316 g/mol. The van der Waals surface area contributed by atoms with Crippen molar-refractivity contribution in [2.45, 2.75) is 20.4 Å². The molecule has 25 heavy (non-hydrogen) atoms. The molecule has 0 aliphatic rings. The molecule has 0 atom stereocenters. The van der Waals surface area contributed by atoms with E-state index < -0.39 is 0 Å². The third-order valence-electron chi connectivity index (χ3n) is 4.13. The number of aromatic nitrogens is 1. The molecule has 3 aromatic rings. The second-order valence-electron chi connectivity index (χ2n) is 5.99. The van der Waals surface area contributed by atoms with E-state index in [0.29, 0.717) is 28.8 Å². The first kappa shape index (κ1) is 16.8. The van der Waals surface area contributed by atoms with Gasteiger partial charge in [0.15, 0.2) is 0 Å². The second-order valence-corrected chi connectivity index (χ2v) is 5.99. The minimum atomic E-state index is -0.222. The summed E-state index contributed by atoms with van der Waals surface area (Å²) in [6.45, 7) is 3.91. The molecule has 5 nitrogen and oxygen atoms in total. The summed E-state index contributed by atoms with van der Waals surface area (Å²) in [7, 11) is 1.57. The molecule has 0 spiro atoms. The molecule has 0 unspecified atom stereocenters. The van der Waals surface area contributed by atoms with Crippen LogP contribution in [-0.2, 0) is 6.54 Å². The predicted molar refractivity (Wildman–Crippen MR) is 97.1 cm³/mol. The Morgan fingerprint density at radius 1 is 1.16 bits per heavy atom. The number of hydrogen-bond donors (Lipinski definition) is 1. The second kappa shape index (κ2) is 6.81. The highest BCUT2D eigenvalue weighted by Gasteiger charge is 2.17. The highest BCUT2D eigenvalue weighted by molar-refractivity contribution is 6.09. The first-order chi connectivity index (χ1) is 12.0. The lowest BCUT2D eigenvalue weighted by molar-refractivity contribution is 0.0941. The number of fused-ring (bicyclic) bond motifs is 1. The van der Waals surface area contributed by atoms with E-state index in [9.17, 15) is 9.59 Å². The number of aryl methyl sites for hydroxylation is 1. The van der Waals surface area contributed by atoms with E-state index in [2.05, 4.69) is 5.32 Å². The molecule has 0 saturated carbocycles. The van der Waals surface area contributed by atoms with Crippen molar-refractivity contribution in [2.24, 2.45) is 0 Å². The van der Waals surface area contributed by atoms with Gasteiger partial charge in [-0.1, -0.05) is 29.8 Å². The molecule has 1 N–H and O–H groups in total. The summed E-state index contributed by atoms with van der Waals surface area (Å²) in [6.07, 6.45) is 1.58. The number of nitrogens with zero attached hydrogens (tertiary/aromatic N) is 1. The Balaban J connectivity index is 1.93. The number of amides is 1. The highest BCUT2D eigenvalue weighted by atomic mass is 16.5. The van der Waals surface area contributed by atoms with Crippen molar-refractivity contribution >= 4 is 22.7 Å². The average molecular weight is 336 g/mol. The number of benzene rings is 2. The van der Waals surface area contributed by atoms with Crippen molar-refractivity contribution in [3.05, 3.63) is 65.4 Å². The zero-order valence-corrected chi connectivity index (χ0v) is 14.5. The van der Waals surface area contributed by atoms with Gasteiger partial charge in [0.05, 0.1) is 18.2 Å². The predicted octanol–water partition coefficient (Wildman–Crippen LogP) is 3.55. The van der Waals surface area contributed by atoms with E-state index in [0.717, 1.165) is 11.1 Å². The lowest BCUT2D eigenvalue weighted by Crippen LogP contribution is -2.22. The van der Waals surface area contributed by atoms with Gasteiger partial charge in [0.2, 0.25) is 5.91 Å². The molecule has 2 aromatic carbocycles. The van der Waals surface area contributed by atoms with E-state index in [-0.39, 0.29) is 11.8 Å². The highest BCUT2D eigenvalue weighted by Crippen LogP contribution is 2.26. The molecule has 0 saturated heterocycles. The smallest absolute Gasteiger partial charge is 0.253 e. The molecule has 0 aliphatic heterocycles. The van der Waals surface area contributed by atoms with E-state index in [4.69, 9.17) is 4.74 Å². The molecule has 128 valence electrons. The van der Waals surface area contributed by atoms with Crippen molar-refractivity contribution < 1.29 is 14.3 Å². The van der Waals surface area contributed by atoms with Crippen LogP contribution < -0.4 is 10.1 Å². The van der Waals surface area contributed by atoms with Crippen molar-refractivity contribution in [3.63, 3.8) is 0 Å². The fourth-order valence-electron chi connectivity index (χ4n) is 2.88. The zero-order chi connectivity index (χ0) is 18.0. The minimum Gasteiger partial charge on any atom is -0.497 e. The zero-order valence-electron chi connectivity index (χ0n) is 14.5. The molecule has 0 radical (unpaired) electrons.